The first kappa shape index (κ1) is 16.2. The molecule has 21 heavy (non-hydrogen) atoms. The third-order valence-corrected chi connectivity index (χ3v) is 4.97. The summed E-state index contributed by atoms with van der Waals surface area (Å²) in [5.41, 5.74) is 7.70. The molecule has 4 atom stereocenters. The van der Waals surface area contributed by atoms with Crippen molar-refractivity contribution in [2.75, 3.05) is 0 Å². The van der Waals surface area contributed by atoms with Crippen molar-refractivity contribution in [1.29, 1.82) is 0 Å². The normalized spacial score (nSPS) is 30.0. The molecule has 0 spiro atoms. The molecular weight excluding hydrogens is 291 g/mol. The van der Waals surface area contributed by atoms with Gasteiger partial charge < -0.3 is 11.1 Å². The fraction of sp³-hybridized carbons (Fsp3) is 0.562. The number of hydrogen-bond acceptors (Lipinski definition) is 2. The number of hydrogen-bond donors (Lipinski definition) is 2. The highest BCUT2D eigenvalue weighted by Gasteiger charge is 2.48. The Hall–Kier alpha value is -1.13. The van der Waals surface area contributed by atoms with Gasteiger partial charge in [-0.2, -0.15) is 0 Å². The van der Waals surface area contributed by atoms with Crippen LogP contribution in [0.25, 0.3) is 0 Å². The number of amides is 1. The molecule has 0 heterocycles. The summed E-state index contributed by atoms with van der Waals surface area (Å²) >= 11 is 0. The molecule has 1 amide bonds. The van der Waals surface area contributed by atoms with Gasteiger partial charge in [-0.05, 0) is 55.2 Å². The van der Waals surface area contributed by atoms with E-state index >= 15 is 0 Å². The third kappa shape index (κ3) is 3.06. The number of aryl methyl sites for hydroxylation is 1. The molecule has 2 bridgehead atoms. The smallest absolute Gasteiger partial charge is 0.225 e. The number of rotatable bonds is 3. The zero-order valence-electron chi connectivity index (χ0n) is 12.1. The van der Waals surface area contributed by atoms with E-state index in [2.05, 4.69) is 5.32 Å². The van der Waals surface area contributed by atoms with E-state index in [4.69, 9.17) is 5.73 Å². The topological polar surface area (TPSA) is 55.1 Å². The lowest BCUT2D eigenvalue weighted by atomic mass is 9.84. The molecule has 3 N–H and O–H groups in total. The van der Waals surface area contributed by atoms with Gasteiger partial charge in [-0.25, -0.2) is 4.39 Å². The van der Waals surface area contributed by atoms with Crippen molar-refractivity contribution in [3.05, 3.63) is 35.1 Å². The summed E-state index contributed by atoms with van der Waals surface area (Å²) in [7, 11) is 0. The SMILES string of the molecule is Cc1cc(CNC(=O)C2C3CCC(C3)C2N)ccc1F.Cl. The average molecular weight is 313 g/mol. The van der Waals surface area contributed by atoms with Crippen molar-refractivity contribution >= 4 is 18.3 Å². The van der Waals surface area contributed by atoms with Crippen LogP contribution in [0.2, 0.25) is 0 Å². The van der Waals surface area contributed by atoms with Crippen LogP contribution in [0.4, 0.5) is 4.39 Å². The molecule has 0 radical (unpaired) electrons. The minimum atomic E-state index is -0.213. The highest BCUT2D eigenvalue weighted by molar-refractivity contribution is 5.85. The van der Waals surface area contributed by atoms with Crippen LogP contribution in [0.1, 0.15) is 30.4 Å². The van der Waals surface area contributed by atoms with Gasteiger partial charge in [0.15, 0.2) is 0 Å². The van der Waals surface area contributed by atoms with E-state index in [1.54, 1.807) is 19.1 Å². The zero-order chi connectivity index (χ0) is 14.3. The van der Waals surface area contributed by atoms with E-state index in [9.17, 15) is 9.18 Å². The van der Waals surface area contributed by atoms with Crippen molar-refractivity contribution < 1.29 is 9.18 Å². The summed E-state index contributed by atoms with van der Waals surface area (Å²) < 4.78 is 13.2. The summed E-state index contributed by atoms with van der Waals surface area (Å²) in [5, 5.41) is 2.96. The fourth-order valence-corrected chi connectivity index (χ4v) is 3.85. The minimum absolute atomic E-state index is 0. The van der Waals surface area contributed by atoms with Crippen LogP contribution in [0.5, 0.6) is 0 Å². The van der Waals surface area contributed by atoms with Crippen molar-refractivity contribution in [3.8, 4) is 0 Å². The number of carbonyl (C=O) groups excluding carboxylic acids is 1. The van der Waals surface area contributed by atoms with Gasteiger partial charge in [0, 0.05) is 12.6 Å². The standard InChI is InChI=1S/C16H21FN2O.ClH/c1-9-6-10(2-5-13(9)17)8-19-16(20)14-11-3-4-12(7-11)15(14)18;/h2,5-6,11-12,14-15H,3-4,7-8,18H2,1H3,(H,19,20);1H. The molecule has 0 aromatic heterocycles. The van der Waals surface area contributed by atoms with E-state index in [0.717, 1.165) is 18.4 Å². The van der Waals surface area contributed by atoms with Crippen LogP contribution < -0.4 is 11.1 Å². The molecule has 3 rings (SSSR count). The van der Waals surface area contributed by atoms with Gasteiger partial charge in [0.1, 0.15) is 5.82 Å². The quantitative estimate of drug-likeness (QED) is 0.901. The van der Waals surface area contributed by atoms with Crippen molar-refractivity contribution in [2.24, 2.45) is 23.5 Å². The van der Waals surface area contributed by atoms with Crippen molar-refractivity contribution in [2.45, 2.75) is 38.8 Å². The van der Waals surface area contributed by atoms with Crippen molar-refractivity contribution in [1.82, 2.24) is 5.32 Å². The number of halogens is 2. The summed E-state index contributed by atoms with van der Waals surface area (Å²) in [5.74, 6) is 0.811. The Balaban J connectivity index is 0.00000161. The fourth-order valence-electron chi connectivity index (χ4n) is 3.85. The van der Waals surface area contributed by atoms with E-state index < -0.39 is 0 Å². The summed E-state index contributed by atoms with van der Waals surface area (Å²) in [6, 6.07) is 4.95. The predicted molar refractivity (Wildman–Crippen MR) is 82.5 cm³/mol. The van der Waals surface area contributed by atoms with E-state index in [0.29, 0.717) is 23.9 Å². The van der Waals surface area contributed by atoms with Crippen LogP contribution in [-0.4, -0.2) is 11.9 Å². The lowest BCUT2D eigenvalue weighted by Crippen LogP contribution is -2.45. The Labute approximate surface area is 130 Å². The van der Waals surface area contributed by atoms with E-state index in [1.165, 1.54) is 12.5 Å². The van der Waals surface area contributed by atoms with Gasteiger partial charge in [0.2, 0.25) is 5.91 Å². The third-order valence-electron chi connectivity index (χ3n) is 4.97. The van der Waals surface area contributed by atoms with Crippen LogP contribution in [-0.2, 0) is 11.3 Å². The van der Waals surface area contributed by atoms with Crippen molar-refractivity contribution in [3.63, 3.8) is 0 Å². The number of benzene rings is 1. The van der Waals surface area contributed by atoms with Gasteiger partial charge >= 0.3 is 0 Å². The van der Waals surface area contributed by atoms with Gasteiger partial charge in [0.25, 0.3) is 0 Å². The molecule has 1 aromatic rings. The lowest BCUT2D eigenvalue weighted by Gasteiger charge is -2.27. The maximum absolute atomic E-state index is 13.2. The molecule has 2 fully saturated rings. The number of nitrogens with one attached hydrogen (secondary N) is 1. The molecule has 0 saturated heterocycles. The molecule has 2 saturated carbocycles. The van der Waals surface area contributed by atoms with Crippen LogP contribution >= 0.6 is 12.4 Å². The summed E-state index contributed by atoms with van der Waals surface area (Å²) in [4.78, 5) is 12.3. The highest BCUT2D eigenvalue weighted by Crippen LogP contribution is 2.47. The minimum Gasteiger partial charge on any atom is -0.352 e. The van der Waals surface area contributed by atoms with Crippen LogP contribution in [0.3, 0.4) is 0 Å². The highest BCUT2D eigenvalue weighted by atomic mass is 35.5. The molecule has 1 aromatic carbocycles. The van der Waals surface area contributed by atoms with Gasteiger partial charge in [-0.15, -0.1) is 12.4 Å². The first-order valence-electron chi connectivity index (χ1n) is 7.34. The second-order valence-electron chi connectivity index (χ2n) is 6.24. The Bertz CT molecular complexity index is 535. The molecule has 3 nitrogen and oxygen atoms in total. The van der Waals surface area contributed by atoms with Gasteiger partial charge in [0.05, 0.1) is 5.92 Å². The average Bonchev–Trinajstić information content (AvgIpc) is 3.00. The predicted octanol–water partition coefficient (Wildman–Crippen LogP) is 2.55. The number of carbonyl (C=O) groups is 1. The monoisotopic (exact) mass is 312 g/mol. The number of fused-ring (bicyclic) bond motifs is 2. The molecule has 116 valence electrons. The molecular formula is C16H22ClFN2O. The molecule has 2 aliphatic rings. The lowest BCUT2D eigenvalue weighted by molar-refractivity contribution is -0.127. The Morgan fingerprint density at radius 2 is 2.10 bits per heavy atom. The molecule has 0 aliphatic heterocycles. The Kier molecular flexibility index (Phi) is 4.89. The van der Waals surface area contributed by atoms with Crippen LogP contribution in [0, 0.1) is 30.5 Å². The number of nitrogens with two attached hydrogens (primary N) is 1. The Morgan fingerprint density at radius 1 is 1.38 bits per heavy atom. The van der Waals surface area contributed by atoms with E-state index in [-0.39, 0.29) is 36.1 Å². The first-order chi connectivity index (χ1) is 9.56. The van der Waals surface area contributed by atoms with Gasteiger partial charge in [-0.3, -0.25) is 4.79 Å². The first-order valence-corrected chi connectivity index (χ1v) is 7.34. The zero-order valence-corrected chi connectivity index (χ0v) is 13.0. The largest absolute Gasteiger partial charge is 0.352 e. The van der Waals surface area contributed by atoms with Gasteiger partial charge in [-0.1, -0.05) is 12.1 Å². The Morgan fingerprint density at radius 3 is 2.71 bits per heavy atom. The van der Waals surface area contributed by atoms with E-state index in [1.807, 2.05) is 0 Å². The van der Waals surface area contributed by atoms with Crippen LogP contribution in [0.15, 0.2) is 18.2 Å². The molecule has 4 unspecified atom stereocenters. The second kappa shape index (κ2) is 6.32. The summed E-state index contributed by atoms with van der Waals surface area (Å²) in [6.07, 6.45) is 3.41. The maximum atomic E-state index is 13.2. The molecule has 5 heteroatoms. The maximum Gasteiger partial charge on any atom is 0.225 e. The second-order valence-corrected chi connectivity index (χ2v) is 6.24. The summed E-state index contributed by atoms with van der Waals surface area (Å²) in [6.45, 7) is 2.17. The molecule has 2 aliphatic carbocycles.